The van der Waals surface area contributed by atoms with Crippen molar-refractivity contribution < 1.29 is 52.7 Å². The molecule has 2 aromatic carbocycles. The number of nitrogens with one attached hydrogen (secondary N) is 7. The number of primary amides is 2. The highest BCUT2D eigenvalue weighted by molar-refractivity contribution is 6.00. The van der Waals surface area contributed by atoms with E-state index in [0.717, 1.165) is 0 Å². The van der Waals surface area contributed by atoms with Gasteiger partial charge < -0.3 is 81.3 Å². The maximum absolute atomic E-state index is 14.2. The van der Waals surface area contributed by atoms with E-state index >= 15 is 0 Å². The summed E-state index contributed by atoms with van der Waals surface area (Å²) in [6.07, 6.45) is 0.487. The zero-order valence-corrected chi connectivity index (χ0v) is 45.6. The largest absolute Gasteiger partial charge is 0.494 e. The van der Waals surface area contributed by atoms with Gasteiger partial charge in [-0.25, -0.2) is 0 Å². The number of hydrogen-bond acceptors (Lipinski definition) is 13. The highest BCUT2D eigenvalue weighted by Gasteiger charge is 2.41. The lowest BCUT2D eigenvalue weighted by atomic mass is 9.99. The summed E-state index contributed by atoms with van der Waals surface area (Å²) < 4.78 is 5.53. The molecule has 0 unspecified atom stereocenters. The molecule has 2 aromatic rings. The molecule has 3 rings (SSSR count). The van der Waals surface area contributed by atoms with E-state index in [9.17, 15) is 47.9 Å². The van der Waals surface area contributed by atoms with Gasteiger partial charge >= 0.3 is 0 Å². The van der Waals surface area contributed by atoms with Crippen LogP contribution < -0.4 is 76.4 Å². The third-order valence-electron chi connectivity index (χ3n) is 12.6. The second-order valence-electron chi connectivity index (χ2n) is 19.4. The number of likely N-dealkylation sites (tertiary alicyclic amines) is 1. The van der Waals surface area contributed by atoms with Crippen LogP contribution in [0.4, 0.5) is 0 Å². The van der Waals surface area contributed by atoms with Gasteiger partial charge in [-0.1, -0.05) is 56.3 Å². The van der Waals surface area contributed by atoms with Crippen LogP contribution in [0.3, 0.4) is 0 Å². The van der Waals surface area contributed by atoms with E-state index < -0.39 is 113 Å². The maximum Gasteiger partial charge on any atom is 0.245 e. The number of amides is 10. The number of hydrogen-bond donors (Lipinski definition) is 13. The van der Waals surface area contributed by atoms with Gasteiger partial charge in [0.1, 0.15) is 53.6 Å². The van der Waals surface area contributed by atoms with Gasteiger partial charge in [-0.05, 0) is 89.0 Å². The Kier molecular flexibility index (Phi) is 26.5. The third-order valence-corrected chi connectivity index (χ3v) is 12.6. The Hall–Kier alpha value is -8.52. The summed E-state index contributed by atoms with van der Waals surface area (Å²) in [4.78, 5) is 145. The molecule has 1 aliphatic heterocycles. The topological polar surface area (TPSA) is 448 Å². The smallest absolute Gasteiger partial charge is 0.245 e. The molecule has 0 saturated carbocycles. The lowest BCUT2D eigenvalue weighted by Gasteiger charge is -2.32. The fourth-order valence-corrected chi connectivity index (χ4v) is 8.38. The third kappa shape index (κ3) is 22.2. The fourth-order valence-electron chi connectivity index (χ4n) is 8.38. The molecule has 0 aliphatic carbocycles. The minimum Gasteiger partial charge on any atom is -0.494 e. The minimum absolute atomic E-state index is 0.00691. The van der Waals surface area contributed by atoms with Crippen molar-refractivity contribution >= 4 is 71.0 Å². The molecule has 0 spiro atoms. The van der Waals surface area contributed by atoms with E-state index in [1.54, 1.807) is 68.4 Å². The van der Waals surface area contributed by atoms with E-state index in [2.05, 4.69) is 47.2 Å². The summed E-state index contributed by atoms with van der Waals surface area (Å²) in [7, 11) is 0. The Morgan fingerprint density at radius 2 is 1.16 bits per heavy atom. The molecule has 1 saturated heterocycles. The van der Waals surface area contributed by atoms with Crippen molar-refractivity contribution in [2.24, 2.45) is 44.4 Å². The molecule has 7 atom stereocenters. The van der Waals surface area contributed by atoms with E-state index in [-0.39, 0.29) is 89.3 Å². The molecule has 27 heteroatoms. The average molecular weight is 1110 g/mol. The Bertz CT molecular complexity index is 2480. The molecule has 79 heavy (non-hydrogen) atoms. The highest BCUT2D eigenvalue weighted by Crippen LogP contribution is 2.21. The molecule has 0 radical (unpaired) electrons. The molecule has 0 bridgehead atoms. The predicted octanol–water partition coefficient (Wildman–Crippen LogP) is -3.05. The molecule has 19 N–H and O–H groups in total. The number of carbonyl (C=O) groups excluding carboxylic acids is 10. The number of ether oxygens (including phenoxy) is 1. The van der Waals surface area contributed by atoms with Gasteiger partial charge in [-0.3, -0.25) is 57.9 Å². The number of carbonyl (C=O) groups is 10. The van der Waals surface area contributed by atoms with Crippen molar-refractivity contribution in [3.05, 3.63) is 65.7 Å². The number of nitrogens with zero attached hydrogens (tertiary/aromatic N) is 3. The Morgan fingerprint density at radius 1 is 0.633 bits per heavy atom. The Morgan fingerprint density at radius 3 is 1.71 bits per heavy atom. The molecular weight excluding hydrogens is 1020 g/mol. The lowest BCUT2D eigenvalue weighted by Crippen LogP contribution is -2.63. The zero-order chi connectivity index (χ0) is 58.8. The number of aliphatic imine (C=N–C) groups is 2. The van der Waals surface area contributed by atoms with E-state index in [1.165, 1.54) is 18.7 Å². The molecule has 0 aromatic heterocycles. The summed E-state index contributed by atoms with van der Waals surface area (Å²) in [5.74, 6) is -7.54. The summed E-state index contributed by atoms with van der Waals surface area (Å²) in [6.45, 7) is 8.51. The van der Waals surface area contributed by atoms with Crippen LogP contribution in [0, 0.1) is 0 Å². The van der Waals surface area contributed by atoms with Gasteiger partial charge in [-0.2, -0.15) is 0 Å². The van der Waals surface area contributed by atoms with Crippen LogP contribution in [0.2, 0.25) is 0 Å². The number of guanidine groups is 2. The first-order valence-electron chi connectivity index (χ1n) is 26.3. The zero-order valence-electron chi connectivity index (χ0n) is 45.6. The molecule has 10 amide bonds. The van der Waals surface area contributed by atoms with Gasteiger partial charge in [0.2, 0.25) is 59.1 Å². The standard InChI is InChI=1S/C52H80N16O11/c1-6-33(48(77)68-26-14-19-39(68)47(76)64-35(18-13-25-60-51(57)58)43(72)63-34(42(54)71)17-12-24-59-50(55)56)62-45(74)38(29-40(53)69)66-49(78)52(4,5)67-46(75)37(27-30-15-10-9-11-16-30)65-44(73)36(61-41(70)7-2)28-31-20-22-32(23-21-31)79-8-3/h9-11,15-16,20-23,33-39H,6-8,12-14,17-19,24-29H2,1-5H3,(H2,53,69)(H2,54,71)(H,61,70)(H,62,74)(H,63,72)(H,64,76)(H,65,73)(H,66,78)(H,67,75)(H4,55,56,59)(H4,57,58,60)/t33-,34-,35-,36+,37-,38-,39-/m0/s1. The second kappa shape index (κ2) is 32.3. The van der Waals surface area contributed by atoms with E-state index in [0.29, 0.717) is 29.9 Å². The monoisotopic (exact) mass is 1100 g/mol. The van der Waals surface area contributed by atoms with Crippen LogP contribution in [-0.2, 0) is 60.8 Å². The van der Waals surface area contributed by atoms with Crippen LogP contribution in [0.5, 0.6) is 5.75 Å². The predicted molar refractivity (Wildman–Crippen MR) is 293 cm³/mol. The van der Waals surface area contributed by atoms with E-state index in [4.69, 9.17) is 39.1 Å². The highest BCUT2D eigenvalue weighted by atomic mass is 16.5. The summed E-state index contributed by atoms with van der Waals surface area (Å²) in [6, 6.07) is 6.85. The number of benzene rings is 2. The number of rotatable bonds is 33. The van der Waals surface area contributed by atoms with Gasteiger partial charge in [-0.15, -0.1) is 0 Å². The molecule has 1 heterocycles. The summed E-state index contributed by atoms with van der Waals surface area (Å²) in [5.41, 5.74) is 32.3. The van der Waals surface area contributed by atoms with Crippen molar-refractivity contribution in [3.8, 4) is 5.75 Å². The van der Waals surface area contributed by atoms with Gasteiger partial charge in [0.25, 0.3) is 0 Å². The first-order valence-corrected chi connectivity index (χ1v) is 26.3. The molecule has 1 aliphatic rings. The van der Waals surface area contributed by atoms with Crippen LogP contribution in [-0.4, -0.2) is 150 Å². The van der Waals surface area contributed by atoms with Crippen molar-refractivity contribution in [2.45, 2.75) is 153 Å². The number of nitrogens with two attached hydrogens (primary N) is 6. The minimum atomic E-state index is -1.82. The van der Waals surface area contributed by atoms with Crippen LogP contribution in [0.15, 0.2) is 64.6 Å². The van der Waals surface area contributed by atoms with Gasteiger partial charge in [0.15, 0.2) is 11.9 Å². The lowest BCUT2D eigenvalue weighted by molar-refractivity contribution is -0.143. The first kappa shape index (κ1) is 64.8. The molecule has 27 nitrogen and oxygen atoms in total. The van der Waals surface area contributed by atoms with E-state index in [1.807, 2.05) is 6.92 Å². The molecular formula is C52H80N16O11. The quantitative estimate of drug-likeness (QED) is 0.0192. The van der Waals surface area contributed by atoms with Crippen molar-refractivity contribution in [1.82, 2.24) is 42.1 Å². The summed E-state index contributed by atoms with van der Waals surface area (Å²) >= 11 is 0. The van der Waals surface area contributed by atoms with Gasteiger partial charge in [0, 0.05) is 38.9 Å². The average Bonchev–Trinajstić information content (AvgIpc) is 3.90. The fraction of sp³-hybridized carbons (Fsp3) is 0.538. The maximum atomic E-state index is 14.2. The first-order chi connectivity index (χ1) is 37.4. The van der Waals surface area contributed by atoms with Crippen LogP contribution in [0.1, 0.15) is 104 Å². The van der Waals surface area contributed by atoms with Crippen LogP contribution in [0.25, 0.3) is 0 Å². The van der Waals surface area contributed by atoms with Crippen molar-refractivity contribution in [1.29, 1.82) is 0 Å². The van der Waals surface area contributed by atoms with Crippen molar-refractivity contribution in [2.75, 3.05) is 26.2 Å². The van der Waals surface area contributed by atoms with Gasteiger partial charge in [0.05, 0.1) is 13.0 Å². The normalized spacial score (nSPS) is 15.2. The van der Waals surface area contributed by atoms with Crippen molar-refractivity contribution in [3.63, 3.8) is 0 Å². The summed E-state index contributed by atoms with van der Waals surface area (Å²) in [5, 5.41) is 18.4. The Labute approximate surface area is 459 Å². The SMILES string of the molecule is CCOc1ccc(C[C@@H](NC(=O)CC)C(=O)N[C@@H](Cc2ccccc2)C(=O)NC(C)(C)C(=O)N[C@@H](CC(N)=O)C(=O)N[C@@H](CC)C(=O)N2CCC[C@H]2C(=O)N[C@@H](CCCN=C(N)N)C(=O)N[C@@H](CCCN=C(N)N)C(N)=O)cc1. The molecule has 1 fully saturated rings. The van der Waals surface area contributed by atoms with Crippen LogP contribution >= 0.6 is 0 Å². The molecule has 434 valence electrons. The second-order valence-corrected chi connectivity index (χ2v) is 19.4. The Balaban J connectivity index is 1.80.